The average molecular weight is 318 g/mol. The minimum Gasteiger partial charge on any atom is -0.481 e. The summed E-state index contributed by atoms with van der Waals surface area (Å²) in [5.74, 6) is 0.0828. The Labute approximate surface area is 139 Å². The number of fused-ring (bicyclic) bond motifs is 1. The quantitative estimate of drug-likeness (QED) is 0.742. The van der Waals surface area contributed by atoms with Crippen molar-refractivity contribution in [1.29, 1.82) is 0 Å². The van der Waals surface area contributed by atoms with Crippen LogP contribution in [-0.2, 0) is 9.59 Å². The van der Waals surface area contributed by atoms with Gasteiger partial charge in [0.25, 0.3) is 0 Å². The summed E-state index contributed by atoms with van der Waals surface area (Å²) < 4.78 is 0. The van der Waals surface area contributed by atoms with E-state index in [1.807, 2.05) is 13.0 Å². The molecule has 0 saturated heterocycles. The largest absolute Gasteiger partial charge is 0.481 e. The minimum absolute atomic E-state index is 0.00626. The zero-order chi connectivity index (χ0) is 17.4. The van der Waals surface area contributed by atoms with Gasteiger partial charge in [0, 0.05) is 18.3 Å². The first-order chi connectivity index (χ1) is 10.6. The van der Waals surface area contributed by atoms with Gasteiger partial charge in [0.2, 0.25) is 0 Å². The molecule has 3 nitrogen and oxygen atoms in total. The molecule has 0 fully saturated rings. The fourth-order valence-corrected chi connectivity index (χ4v) is 4.33. The predicted molar refractivity (Wildman–Crippen MR) is 92.1 cm³/mol. The molecule has 3 heteroatoms. The molecule has 0 radical (unpaired) electrons. The van der Waals surface area contributed by atoms with Crippen molar-refractivity contribution in [3.63, 3.8) is 0 Å². The van der Waals surface area contributed by atoms with E-state index >= 15 is 0 Å². The second-order valence-electron chi connectivity index (χ2n) is 8.48. The summed E-state index contributed by atoms with van der Waals surface area (Å²) in [5.41, 5.74) is 2.50. The summed E-state index contributed by atoms with van der Waals surface area (Å²) >= 11 is 0. The number of hydrogen-bond acceptors (Lipinski definition) is 2. The summed E-state index contributed by atoms with van der Waals surface area (Å²) in [6, 6.07) is 0. The van der Waals surface area contributed by atoms with E-state index in [0.29, 0.717) is 12.3 Å². The van der Waals surface area contributed by atoms with E-state index in [2.05, 4.69) is 33.8 Å². The van der Waals surface area contributed by atoms with E-state index < -0.39 is 5.97 Å². The summed E-state index contributed by atoms with van der Waals surface area (Å²) in [5, 5.41) is 8.96. The molecule has 1 N–H and O–H groups in total. The molecule has 2 aliphatic rings. The Morgan fingerprint density at radius 1 is 1.39 bits per heavy atom. The van der Waals surface area contributed by atoms with Crippen molar-refractivity contribution in [3.05, 3.63) is 23.3 Å². The van der Waals surface area contributed by atoms with Gasteiger partial charge in [0.15, 0.2) is 5.78 Å². The number of carboxylic acid groups (broad SMARTS) is 1. The van der Waals surface area contributed by atoms with Gasteiger partial charge in [-0.05, 0) is 49.5 Å². The van der Waals surface area contributed by atoms with Crippen LogP contribution in [0.2, 0.25) is 0 Å². The van der Waals surface area contributed by atoms with Crippen molar-refractivity contribution < 1.29 is 14.7 Å². The molecule has 2 aliphatic carbocycles. The maximum atomic E-state index is 12.2. The van der Waals surface area contributed by atoms with Gasteiger partial charge in [-0.2, -0.15) is 0 Å². The molecule has 2 rings (SSSR count). The Hall–Kier alpha value is -1.38. The van der Waals surface area contributed by atoms with Crippen molar-refractivity contribution in [3.8, 4) is 0 Å². The number of hydrogen-bond donors (Lipinski definition) is 1. The molecule has 23 heavy (non-hydrogen) atoms. The van der Waals surface area contributed by atoms with Crippen LogP contribution < -0.4 is 0 Å². The molecule has 0 saturated carbocycles. The number of allylic oxidation sites excluding steroid dienone is 4. The monoisotopic (exact) mass is 318 g/mol. The van der Waals surface area contributed by atoms with Gasteiger partial charge in [-0.3, -0.25) is 9.59 Å². The van der Waals surface area contributed by atoms with Crippen LogP contribution in [0.25, 0.3) is 0 Å². The van der Waals surface area contributed by atoms with Gasteiger partial charge in [0.1, 0.15) is 0 Å². The molecule has 0 aliphatic heterocycles. The standard InChI is InChI=1S/C20H30O3/c1-13(10-18(22)23)8-9-20(5)14(2)6-7-16-17(20)11-15(21)12-19(16,3)4/h6,11,13,16H,7-10,12H2,1-5H3,(H,22,23)/t13?,16?,20-/m1/s1. The van der Waals surface area contributed by atoms with Crippen LogP contribution in [0, 0.1) is 22.7 Å². The molecule has 0 aromatic carbocycles. The molecular formula is C20H30O3. The second-order valence-corrected chi connectivity index (χ2v) is 8.48. The summed E-state index contributed by atoms with van der Waals surface area (Å²) in [4.78, 5) is 23.1. The SMILES string of the molecule is CC1=CCC2C(=CC(=O)CC2(C)C)[C@]1(C)CCC(C)CC(=O)O. The van der Waals surface area contributed by atoms with E-state index in [1.165, 1.54) is 11.1 Å². The summed E-state index contributed by atoms with van der Waals surface area (Å²) in [6.45, 7) is 10.8. The molecule has 2 unspecified atom stereocenters. The topological polar surface area (TPSA) is 54.4 Å². The van der Waals surface area contributed by atoms with E-state index in [0.717, 1.165) is 19.3 Å². The number of rotatable bonds is 5. The third kappa shape index (κ3) is 3.59. The lowest BCUT2D eigenvalue weighted by atomic mass is 9.55. The Kier molecular flexibility index (Phi) is 4.89. The van der Waals surface area contributed by atoms with Gasteiger partial charge in [-0.15, -0.1) is 0 Å². The maximum Gasteiger partial charge on any atom is 0.303 e. The number of carbonyl (C=O) groups is 2. The molecule has 0 amide bonds. The normalized spacial score (nSPS) is 31.0. The van der Waals surface area contributed by atoms with E-state index in [1.54, 1.807) is 0 Å². The first-order valence-corrected chi connectivity index (χ1v) is 8.70. The van der Waals surface area contributed by atoms with Gasteiger partial charge >= 0.3 is 5.97 Å². The van der Waals surface area contributed by atoms with E-state index in [-0.39, 0.29) is 29.0 Å². The summed E-state index contributed by atoms with van der Waals surface area (Å²) in [7, 11) is 0. The van der Waals surface area contributed by atoms with Crippen molar-refractivity contribution in [2.24, 2.45) is 22.7 Å². The zero-order valence-corrected chi connectivity index (χ0v) is 15.1. The van der Waals surface area contributed by atoms with Crippen LogP contribution in [-0.4, -0.2) is 16.9 Å². The van der Waals surface area contributed by atoms with Gasteiger partial charge in [-0.25, -0.2) is 0 Å². The average Bonchev–Trinajstić information content (AvgIpc) is 2.39. The predicted octanol–water partition coefficient (Wildman–Crippen LogP) is 4.78. The van der Waals surface area contributed by atoms with Crippen LogP contribution in [0.1, 0.15) is 66.7 Å². The van der Waals surface area contributed by atoms with E-state index in [9.17, 15) is 9.59 Å². The highest BCUT2D eigenvalue weighted by Crippen LogP contribution is 2.55. The molecule has 0 aromatic heterocycles. The molecule has 0 bridgehead atoms. The lowest BCUT2D eigenvalue weighted by Crippen LogP contribution is -2.41. The molecule has 0 aromatic rings. The molecule has 0 spiro atoms. The Bertz CT molecular complexity index is 567. The number of carboxylic acids is 1. The number of carbonyl (C=O) groups excluding carboxylic acids is 1. The second kappa shape index (κ2) is 6.26. The lowest BCUT2D eigenvalue weighted by molar-refractivity contribution is -0.138. The highest BCUT2D eigenvalue weighted by Gasteiger charge is 2.46. The van der Waals surface area contributed by atoms with Crippen molar-refractivity contribution >= 4 is 11.8 Å². The third-order valence-electron chi connectivity index (χ3n) is 6.09. The smallest absolute Gasteiger partial charge is 0.303 e. The maximum absolute atomic E-state index is 12.2. The van der Waals surface area contributed by atoms with Crippen molar-refractivity contribution in [2.75, 3.05) is 0 Å². The van der Waals surface area contributed by atoms with Crippen molar-refractivity contribution in [2.45, 2.75) is 66.7 Å². The Morgan fingerprint density at radius 3 is 2.65 bits per heavy atom. The third-order valence-corrected chi connectivity index (χ3v) is 6.09. The van der Waals surface area contributed by atoms with Gasteiger partial charge < -0.3 is 5.11 Å². The molecule has 128 valence electrons. The Balaban J connectivity index is 2.27. The zero-order valence-electron chi connectivity index (χ0n) is 15.1. The van der Waals surface area contributed by atoms with E-state index in [4.69, 9.17) is 5.11 Å². The fourth-order valence-electron chi connectivity index (χ4n) is 4.33. The van der Waals surface area contributed by atoms with Gasteiger partial charge in [0.05, 0.1) is 0 Å². The number of aliphatic carboxylic acids is 1. The first kappa shape index (κ1) is 18.0. The number of ketones is 1. The fraction of sp³-hybridized carbons (Fsp3) is 0.700. The van der Waals surface area contributed by atoms with Crippen LogP contribution in [0.5, 0.6) is 0 Å². The van der Waals surface area contributed by atoms with Crippen molar-refractivity contribution in [1.82, 2.24) is 0 Å². The minimum atomic E-state index is -0.732. The van der Waals surface area contributed by atoms with Crippen LogP contribution in [0.4, 0.5) is 0 Å². The summed E-state index contributed by atoms with van der Waals surface area (Å²) in [6.07, 6.45) is 7.86. The Morgan fingerprint density at radius 2 is 2.04 bits per heavy atom. The molecule has 0 heterocycles. The van der Waals surface area contributed by atoms with Gasteiger partial charge in [-0.1, -0.05) is 44.9 Å². The van der Waals surface area contributed by atoms with Crippen LogP contribution in [0.3, 0.4) is 0 Å². The highest BCUT2D eigenvalue weighted by atomic mass is 16.4. The van der Waals surface area contributed by atoms with Crippen LogP contribution >= 0.6 is 0 Å². The molecular weight excluding hydrogens is 288 g/mol. The van der Waals surface area contributed by atoms with Crippen LogP contribution in [0.15, 0.2) is 23.3 Å². The lowest BCUT2D eigenvalue weighted by Gasteiger charge is -2.49. The first-order valence-electron chi connectivity index (χ1n) is 8.70. The molecule has 3 atom stereocenters. The highest BCUT2D eigenvalue weighted by molar-refractivity contribution is 5.92.